The predicted molar refractivity (Wildman–Crippen MR) is 214 cm³/mol. The quantitative estimate of drug-likeness (QED) is 0.159. The van der Waals surface area contributed by atoms with Gasteiger partial charge in [0.2, 0.25) is 0 Å². The van der Waals surface area contributed by atoms with Gasteiger partial charge in [0.1, 0.15) is 0 Å². The van der Waals surface area contributed by atoms with Crippen LogP contribution in [0.2, 0.25) is 12.1 Å². The monoisotopic (exact) mass is 740 g/mol. The molecule has 2 aromatic rings. The van der Waals surface area contributed by atoms with Crippen molar-refractivity contribution in [1.29, 1.82) is 0 Å². The maximum atomic E-state index is 3.60. The van der Waals surface area contributed by atoms with E-state index in [1.54, 1.807) is 28.2 Å². The normalized spacial score (nSPS) is 18.0. The molecule has 5 rings (SSSR count). The zero-order valence-corrected chi connectivity index (χ0v) is 36.7. The van der Waals surface area contributed by atoms with Gasteiger partial charge in [-0.3, -0.25) is 5.92 Å². The van der Waals surface area contributed by atoms with Gasteiger partial charge in [0.05, 0.1) is 0 Å². The third-order valence-corrected chi connectivity index (χ3v) is 12.0. The third kappa shape index (κ3) is 10.3. The van der Waals surface area contributed by atoms with Crippen LogP contribution in [-0.2, 0) is 26.2 Å². The molecule has 48 heavy (non-hydrogen) atoms. The van der Waals surface area contributed by atoms with E-state index in [0.717, 1.165) is 19.3 Å². The van der Waals surface area contributed by atoms with Crippen LogP contribution in [-0.4, -0.2) is 9.52 Å². The summed E-state index contributed by atoms with van der Waals surface area (Å²) in [6.07, 6.45) is 15.1. The Bertz CT molecular complexity index is 1230. The average molecular weight is 742 g/mol. The Hall–Kier alpha value is -0.980. The standard InChI is InChI=1S/C38H53.C4H8Si.C4H9.Zr/c1-12-15-30(37-26(13-2)16-33-31(24(8)9)18-28(22(4)5)20-35(33)37)38-27(14-3)17-34-32(25(10)11)19-29(23(6)7)21-36(34)38;1-2-4-5-3-1;1-3-4-2;/h16-25,37-38H,12-15H2,1-11H3;1-4H2;1,3-4H2,2H3;/q-1;;-1;+2. The Morgan fingerprint density at radius 3 is 1.29 bits per heavy atom. The predicted octanol–water partition coefficient (Wildman–Crippen LogP) is 15.0. The summed E-state index contributed by atoms with van der Waals surface area (Å²) in [5, 5.41) is 0. The van der Waals surface area contributed by atoms with Crippen molar-refractivity contribution < 1.29 is 26.2 Å². The van der Waals surface area contributed by atoms with Gasteiger partial charge in [-0.2, -0.15) is 12.8 Å². The fourth-order valence-electron chi connectivity index (χ4n) is 7.67. The van der Waals surface area contributed by atoms with E-state index in [1.165, 1.54) is 87.1 Å². The number of fused-ring (bicyclic) bond motifs is 2. The molecule has 1 saturated heterocycles. The van der Waals surface area contributed by atoms with Gasteiger partial charge >= 0.3 is 26.2 Å². The largest absolute Gasteiger partial charge is 2.00 e. The smallest absolute Gasteiger partial charge is 0.343 e. The molecule has 0 spiro atoms. The van der Waals surface area contributed by atoms with Crippen molar-refractivity contribution in [2.24, 2.45) is 0 Å². The van der Waals surface area contributed by atoms with Crippen LogP contribution >= 0.6 is 0 Å². The number of hydrogen-bond donors (Lipinski definition) is 0. The van der Waals surface area contributed by atoms with Gasteiger partial charge in [0.25, 0.3) is 0 Å². The SMILES string of the molecule is C1CC[Si]C1.CCC[C-](C1C(CC)=Cc2c(C(C)C)cc(C(C)C)cc21)C1C(CC)=Cc2c(C(C)C)cc(C(C)C)cc21.[CH2-]CCC.[Zr+2]. The van der Waals surface area contributed by atoms with Gasteiger partial charge in [0, 0.05) is 9.52 Å². The molecule has 2 unspecified atom stereocenters. The van der Waals surface area contributed by atoms with E-state index in [4.69, 9.17) is 0 Å². The van der Waals surface area contributed by atoms with Crippen molar-refractivity contribution in [3.8, 4) is 0 Å². The molecule has 0 saturated carbocycles. The Morgan fingerprint density at radius 2 is 1.04 bits per heavy atom. The minimum Gasteiger partial charge on any atom is -0.343 e. The molecule has 3 aliphatic rings. The summed E-state index contributed by atoms with van der Waals surface area (Å²) in [6, 6.07) is 13.2. The van der Waals surface area contributed by atoms with Crippen LogP contribution in [0, 0.1) is 12.8 Å². The Morgan fingerprint density at radius 1 is 0.646 bits per heavy atom. The van der Waals surface area contributed by atoms with Crippen LogP contribution in [0.5, 0.6) is 0 Å². The van der Waals surface area contributed by atoms with Crippen LogP contribution in [0.3, 0.4) is 0 Å². The maximum absolute atomic E-state index is 3.60. The number of allylic oxidation sites excluding steroid dienone is 2. The first kappa shape index (κ1) is 43.2. The number of benzene rings is 2. The van der Waals surface area contributed by atoms with E-state index >= 15 is 0 Å². The van der Waals surface area contributed by atoms with Gasteiger partial charge in [0.15, 0.2) is 0 Å². The van der Waals surface area contributed by atoms with Gasteiger partial charge in [-0.05, 0) is 69.9 Å². The minimum absolute atomic E-state index is 0. The molecule has 262 valence electrons. The molecule has 1 heterocycles. The topological polar surface area (TPSA) is 0 Å². The van der Waals surface area contributed by atoms with Gasteiger partial charge in [-0.1, -0.05) is 180 Å². The molecular weight excluding hydrogens is 672 g/mol. The van der Waals surface area contributed by atoms with Crippen molar-refractivity contribution in [2.75, 3.05) is 0 Å². The number of unbranched alkanes of at least 4 members (excludes halogenated alkanes) is 1. The van der Waals surface area contributed by atoms with Crippen molar-refractivity contribution >= 4 is 21.7 Å². The zero-order valence-electron chi connectivity index (χ0n) is 33.2. The Kier molecular flexibility index (Phi) is 18.7. The van der Waals surface area contributed by atoms with Crippen molar-refractivity contribution in [3.63, 3.8) is 0 Å². The van der Waals surface area contributed by atoms with Crippen LogP contribution in [0.1, 0.15) is 214 Å². The summed E-state index contributed by atoms with van der Waals surface area (Å²) < 4.78 is 0. The Balaban J connectivity index is 0.000000700. The zero-order chi connectivity index (χ0) is 34.8. The summed E-state index contributed by atoms with van der Waals surface area (Å²) in [6.45, 7) is 31.7. The molecule has 0 bridgehead atoms. The summed E-state index contributed by atoms with van der Waals surface area (Å²) >= 11 is 0. The van der Waals surface area contributed by atoms with Crippen molar-refractivity contribution in [1.82, 2.24) is 0 Å². The molecule has 0 amide bonds. The first-order valence-corrected chi connectivity index (χ1v) is 21.0. The summed E-state index contributed by atoms with van der Waals surface area (Å²) in [5.41, 5.74) is 15.6. The van der Waals surface area contributed by atoms with E-state index in [-0.39, 0.29) is 26.2 Å². The molecule has 0 N–H and O–H groups in total. The van der Waals surface area contributed by atoms with E-state index in [0.29, 0.717) is 35.5 Å². The second kappa shape index (κ2) is 20.8. The molecule has 1 aliphatic heterocycles. The van der Waals surface area contributed by atoms with Gasteiger partial charge < -0.3 is 6.92 Å². The molecule has 2 atom stereocenters. The molecule has 0 aromatic heterocycles. The Labute approximate surface area is 320 Å². The second-order valence-electron chi connectivity index (χ2n) is 15.5. The second-order valence-corrected chi connectivity index (χ2v) is 17.0. The minimum atomic E-state index is 0. The average Bonchev–Trinajstić information content (AvgIpc) is 3.82. The molecule has 0 nitrogen and oxygen atoms in total. The maximum Gasteiger partial charge on any atom is 2.00 e. The summed E-state index contributed by atoms with van der Waals surface area (Å²) in [4.78, 5) is 0. The van der Waals surface area contributed by atoms with Crippen LogP contribution in [0.15, 0.2) is 35.4 Å². The van der Waals surface area contributed by atoms with E-state index in [2.05, 4.69) is 126 Å². The molecular formula is C46H70SiZr. The molecule has 2 aliphatic carbocycles. The third-order valence-electron chi connectivity index (χ3n) is 10.5. The summed E-state index contributed by atoms with van der Waals surface area (Å²) in [5.74, 6) is 4.76. The van der Waals surface area contributed by atoms with Crippen LogP contribution < -0.4 is 0 Å². The van der Waals surface area contributed by atoms with E-state index in [9.17, 15) is 0 Å². The number of rotatable bonds is 11. The first-order valence-electron chi connectivity index (χ1n) is 19.6. The molecule has 1 fully saturated rings. The fourth-order valence-corrected chi connectivity index (χ4v) is 8.92. The van der Waals surface area contributed by atoms with Crippen LogP contribution in [0.4, 0.5) is 0 Å². The summed E-state index contributed by atoms with van der Waals surface area (Å²) in [7, 11) is 1.31. The van der Waals surface area contributed by atoms with Crippen LogP contribution in [0.25, 0.3) is 12.2 Å². The van der Waals surface area contributed by atoms with E-state index in [1.807, 2.05) is 0 Å². The van der Waals surface area contributed by atoms with Gasteiger partial charge in [-0.25, -0.2) is 0 Å². The molecule has 2 aromatic carbocycles. The van der Waals surface area contributed by atoms with E-state index < -0.39 is 0 Å². The number of hydrogen-bond acceptors (Lipinski definition) is 0. The van der Waals surface area contributed by atoms with Crippen molar-refractivity contribution in [3.05, 3.63) is 92.8 Å². The molecule has 2 radical (unpaired) electrons. The van der Waals surface area contributed by atoms with Gasteiger partial charge in [-0.15, -0.1) is 11.8 Å². The fraction of sp³-hybridized carbons (Fsp3) is 0.609. The van der Waals surface area contributed by atoms with Crippen molar-refractivity contribution in [2.45, 2.75) is 182 Å². The first-order chi connectivity index (χ1) is 22.4. The molecule has 2 heteroatoms.